The predicted molar refractivity (Wildman–Crippen MR) is 103 cm³/mol. The number of piperazine rings is 1. The number of phenolic OH excluding ortho intramolecular Hbond substituents is 2. The van der Waals surface area contributed by atoms with Crippen LogP contribution in [-0.2, 0) is 0 Å². The van der Waals surface area contributed by atoms with Gasteiger partial charge < -0.3 is 51.5 Å². The van der Waals surface area contributed by atoms with Crippen molar-refractivity contribution in [3.05, 3.63) is 35.4 Å². The molecule has 12 heteroatoms. The second-order valence-corrected chi connectivity index (χ2v) is 5.83. The molecule has 0 atom stereocenters. The van der Waals surface area contributed by atoms with Crippen LogP contribution in [0.15, 0.2) is 24.3 Å². The Morgan fingerprint density at radius 2 is 0.800 bits per heavy atom. The number of benzene rings is 2. The highest BCUT2D eigenvalue weighted by molar-refractivity contribution is 5.94. The molecule has 0 amide bonds. The number of carboxylic acids is 2. The van der Waals surface area contributed by atoms with E-state index in [0.29, 0.717) is 0 Å². The lowest BCUT2D eigenvalue weighted by atomic mass is 10.1. The largest absolute Gasteiger partial charge is 0.508 e. The van der Waals surface area contributed by atoms with Crippen LogP contribution in [0.5, 0.6) is 34.5 Å². The van der Waals surface area contributed by atoms with Crippen molar-refractivity contribution in [2.75, 3.05) is 26.2 Å². The van der Waals surface area contributed by atoms with E-state index in [9.17, 15) is 9.59 Å². The quantitative estimate of drug-likeness (QED) is 0.311. The zero-order chi connectivity index (χ0) is 22.8. The molecular weight excluding hydrogens is 404 g/mol. The molecule has 0 radical (unpaired) electrons. The molecule has 2 aromatic rings. The zero-order valence-corrected chi connectivity index (χ0v) is 15.5. The highest BCUT2D eigenvalue weighted by Crippen LogP contribution is 2.32. The molecule has 164 valence electrons. The Labute approximate surface area is 169 Å². The van der Waals surface area contributed by atoms with Crippen LogP contribution in [-0.4, -0.2) is 79.0 Å². The summed E-state index contributed by atoms with van der Waals surface area (Å²) < 4.78 is 0. The number of aromatic hydroxyl groups is 6. The molecule has 1 saturated heterocycles. The number of hydrogen-bond acceptors (Lipinski definition) is 10. The van der Waals surface area contributed by atoms with Crippen molar-refractivity contribution < 1.29 is 50.4 Å². The second-order valence-electron chi connectivity index (χ2n) is 5.83. The van der Waals surface area contributed by atoms with Crippen LogP contribution in [0.25, 0.3) is 0 Å². The molecule has 2 aromatic carbocycles. The highest BCUT2D eigenvalue weighted by Gasteiger charge is 2.16. The molecule has 0 aromatic heterocycles. The van der Waals surface area contributed by atoms with Gasteiger partial charge in [0.1, 0.15) is 45.6 Å². The standard InChI is InChI=1S/2C7H6O5.C4H10N2/c2*8-3-1-4(9)6(7(11)12)5(10)2-3;1-2-6-4-3-5-1/h2*1-2,8-10H,(H,11,12);5-6H,1-4H2. The maximum Gasteiger partial charge on any atom is 0.343 e. The summed E-state index contributed by atoms with van der Waals surface area (Å²) in [6.07, 6.45) is 0. The highest BCUT2D eigenvalue weighted by atomic mass is 16.4. The molecule has 3 rings (SSSR count). The number of carboxylic acid groups (broad SMARTS) is 2. The fourth-order valence-corrected chi connectivity index (χ4v) is 2.24. The van der Waals surface area contributed by atoms with Crippen LogP contribution in [0.4, 0.5) is 0 Å². The van der Waals surface area contributed by atoms with Crippen LogP contribution in [0, 0.1) is 0 Å². The maximum atomic E-state index is 10.4. The fraction of sp³-hybridized carbons (Fsp3) is 0.222. The van der Waals surface area contributed by atoms with Crippen molar-refractivity contribution in [3.63, 3.8) is 0 Å². The third-order valence-corrected chi connectivity index (χ3v) is 3.55. The number of hydrogen-bond donors (Lipinski definition) is 10. The van der Waals surface area contributed by atoms with E-state index in [-0.39, 0.29) is 0 Å². The predicted octanol–water partition coefficient (Wildman–Crippen LogP) is 0.182. The Balaban J connectivity index is 0.000000237. The monoisotopic (exact) mass is 426 g/mol. The first-order chi connectivity index (χ1) is 14.0. The van der Waals surface area contributed by atoms with Crippen molar-refractivity contribution in [2.45, 2.75) is 0 Å². The lowest BCUT2D eigenvalue weighted by Crippen LogP contribution is -2.39. The van der Waals surface area contributed by atoms with Crippen molar-refractivity contribution >= 4 is 11.9 Å². The van der Waals surface area contributed by atoms with Crippen molar-refractivity contribution in [2.24, 2.45) is 0 Å². The van der Waals surface area contributed by atoms with Gasteiger partial charge >= 0.3 is 11.9 Å². The fourth-order valence-electron chi connectivity index (χ4n) is 2.24. The molecule has 12 nitrogen and oxygen atoms in total. The Hall–Kier alpha value is -3.90. The summed E-state index contributed by atoms with van der Waals surface area (Å²) >= 11 is 0. The van der Waals surface area contributed by atoms with E-state index in [1.165, 1.54) is 0 Å². The Morgan fingerprint density at radius 3 is 0.967 bits per heavy atom. The average molecular weight is 426 g/mol. The first kappa shape index (κ1) is 24.1. The van der Waals surface area contributed by atoms with Crippen LogP contribution < -0.4 is 10.6 Å². The minimum atomic E-state index is -1.45. The van der Waals surface area contributed by atoms with Crippen molar-refractivity contribution in [1.29, 1.82) is 0 Å². The van der Waals surface area contributed by atoms with Gasteiger partial charge in [0.25, 0.3) is 0 Å². The zero-order valence-electron chi connectivity index (χ0n) is 15.5. The van der Waals surface area contributed by atoms with Crippen molar-refractivity contribution in [3.8, 4) is 34.5 Å². The molecule has 0 spiro atoms. The van der Waals surface area contributed by atoms with Gasteiger partial charge in [0.15, 0.2) is 0 Å². The first-order valence-corrected chi connectivity index (χ1v) is 8.42. The third-order valence-electron chi connectivity index (χ3n) is 3.55. The van der Waals surface area contributed by atoms with Gasteiger partial charge in [-0.1, -0.05) is 0 Å². The van der Waals surface area contributed by atoms with Gasteiger partial charge in [0.05, 0.1) is 0 Å². The number of rotatable bonds is 2. The topological polar surface area (TPSA) is 220 Å². The summed E-state index contributed by atoms with van der Waals surface area (Å²) in [5.74, 6) is -6.36. The molecule has 0 unspecified atom stereocenters. The molecule has 0 saturated carbocycles. The number of carbonyl (C=O) groups is 2. The normalized spacial score (nSPS) is 12.5. The lowest BCUT2D eigenvalue weighted by molar-refractivity contribution is 0.0678. The van der Waals surface area contributed by atoms with Gasteiger partial charge in [-0.25, -0.2) is 9.59 Å². The van der Waals surface area contributed by atoms with Crippen LogP contribution in [0.1, 0.15) is 20.7 Å². The Morgan fingerprint density at radius 1 is 0.567 bits per heavy atom. The minimum absolute atomic E-state index is 0.394. The lowest BCUT2D eigenvalue weighted by Gasteiger charge is -2.11. The van der Waals surface area contributed by atoms with Gasteiger partial charge in [-0.3, -0.25) is 0 Å². The molecule has 1 aliphatic rings. The summed E-state index contributed by atoms with van der Waals surface area (Å²) in [5, 5.41) is 76.7. The second kappa shape index (κ2) is 11.2. The summed E-state index contributed by atoms with van der Waals surface area (Å²) in [6.45, 7) is 4.56. The van der Waals surface area contributed by atoms with Crippen LogP contribution in [0.2, 0.25) is 0 Å². The van der Waals surface area contributed by atoms with E-state index >= 15 is 0 Å². The van der Waals surface area contributed by atoms with E-state index < -0.39 is 57.6 Å². The molecule has 1 aliphatic heterocycles. The molecule has 1 heterocycles. The van der Waals surface area contributed by atoms with E-state index in [2.05, 4.69) is 10.6 Å². The van der Waals surface area contributed by atoms with E-state index in [1.54, 1.807) is 0 Å². The Bertz CT molecular complexity index is 772. The first-order valence-electron chi connectivity index (χ1n) is 8.42. The summed E-state index contributed by atoms with van der Waals surface area (Å²) in [4.78, 5) is 20.7. The summed E-state index contributed by atoms with van der Waals surface area (Å²) in [5.41, 5.74) is -1.24. The maximum absolute atomic E-state index is 10.4. The molecular formula is C18H22N2O10. The number of nitrogens with one attached hydrogen (secondary N) is 2. The number of phenols is 6. The molecule has 30 heavy (non-hydrogen) atoms. The number of aromatic carboxylic acids is 2. The Kier molecular flexibility index (Phi) is 9.00. The summed E-state index contributed by atoms with van der Waals surface area (Å²) in [7, 11) is 0. The van der Waals surface area contributed by atoms with E-state index in [1.807, 2.05) is 0 Å². The molecule has 1 fully saturated rings. The van der Waals surface area contributed by atoms with E-state index in [4.69, 9.17) is 40.9 Å². The molecule has 0 aliphatic carbocycles. The van der Waals surface area contributed by atoms with Crippen LogP contribution >= 0.6 is 0 Å². The van der Waals surface area contributed by atoms with Gasteiger partial charge in [0, 0.05) is 50.4 Å². The van der Waals surface area contributed by atoms with Gasteiger partial charge in [-0.2, -0.15) is 0 Å². The minimum Gasteiger partial charge on any atom is -0.508 e. The smallest absolute Gasteiger partial charge is 0.343 e. The van der Waals surface area contributed by atoms with Gasteiger partial charge in [0.2, 0.25) is 0 Å². The van der Waals surface area contributed by atoms with Gasteiger partial charge in [-0.15, -0.1) is 0 Å². The molecule has 10 N–H and O–H groups in total. The average Bonchev–Trinajstić information content (AvgIpc) is 2.61. The van der Waals surface area contributed by atoms with Gasteiger partial charge in [-0.05, 0) is 0 Å². The SMILES string of the molecule is C1CNCCN1.O=C(O)c1c(O)cc(O)cc1O.O=C(O)c1c(O)cc(O)cc1O. The van der Waals surface area contributed by atoms with Crippen LogP contribution in [0.3, 0.4) is 0 Å². The third kappa shape index (κ3) is 7.26. The van der Waals surface area contributed by atoms with E-state index in [0.717, 1.165) is 50.4 Å². The molecule has 0 bridgehead atoms. The van der Waals surface area contributed by atoms with Crippen molar-refractivity contribution in [1.82, 2.24) is 10.6 Å². The summed E-state index contributed by atoms with van der Waals surface area (Å²) in [6, 6.07) is 3.35.